The SMILES string of the molecule is COc1cc2c(cc1CNC(=O)c1ccc[nH]c1=S)O[C@H](C)C2. The molecule has 0 unspecified atom stereocenters. The van der Waals surface area contributed by atoms with Crippen molar-refractivity contribution in [2.45, 2.75) is 26.0 Å². The van der Waals surface area contributed by atoms with Gasteiger partial charge in [0, 0.05) is 30.3 Å². The van der Waals surface area contributed by atoms with Crippen LogP contribution in [0.3, 0.4) is 0 Å². The lowest BCUT2D eigenvalue weighted by molar-refractivity contribution is 0.0949. The number of nitrogens with one attached hydrogen (secondary N) is 2. The molecule has 5 nitrogen and oxygen atoms in total. The highest BCUT2D eigenvalue weighted by atomic mass is 32.1. The van der Waals surface area contributed by atoms with E-state index >= 15 is 0 Å². The largest absolute Gasteiger partial charge is 0.496 e. The van der Waals surface area contributed by atoms with Gasteiger partial charge in [-0.05, 0) is 31.2 Å². The number of rotatable bonds is 4. The molecule has 3 rings (SSSR count). The van der Waals surface area contributed by atoms with Crippen molar-refractivity contribution >= 4 is 18.1 Å². The second-order valence-electron chi connectivity index (χ2n) is 5.50. The highest BCUT2D eigenvalue weighted by Gasteiger charge is 2.22. The number of carbonyl (C=O) groups excluding carboxylic acids is 1. The summed E-state index contributed by atoms with van der Waals surface area (Å²) in [4.78, 5) is 15.1. The number of aromatic amines is 1. The van der Waals surface area contributed by atoms with E-state index < -0.39 is 0 Å². The predicted octanol–water partition coefficient (Wildman–Crippen LogP) is 3.01. The lowest BCUT2D eigenvalue weighted by atomic mass is 10.1. The monoisotopic (exact) mass is 330 g/mol. The molecule has 2 N–H and O–H groups in total. The summed E-state index contributed by atoms with van der Waals surface area (Å²) in [5, 5.41) is 2.87. The molecular formula is C17H18N2O3S. The molecule has 0 saturated carbocycles. The molecule has 0 saturated heterocycles. The molecule has 0 spiro atoms. The number of hydrogen-bond acceptors (Lipinski definition) is 4. The molecule has 1 amide bonds. The number of ether oxygens (including phenoxy) is 2. The zero-order valence-corrected chi connectivity index (χ0v) is 13.8. The Hall–Kier alpha value is -2.34. The van der Waals surface area contributed by atoms with Gasteiger partial charge in [0.2, 0.25) is 0 Å². The molecule has 0 bridgehead atoms. The van der Waals surface area contributed by atoms with Gasteiger partial charge in [-0.15, -0.1) is 0 Å². The number of benzene rings is 1. The summed E-state index contributed by atoms with van der Waals surface area (Å²) in [5.74, 6) is 1.39. The highest BCUT2D eigenvalue weighted by molar-refractivity contribution is 7.71. The average Bonchev–Trinajstić information content (AvgIpc) is 2.90. The minimum atomic E-state index is -0.219. The number of hydrogen-bond donors (Lipinski definition) is 2. The molecule has 120 valence electrons. The molecule has 2 aromatic rings. The van der Waals surface area contributed by atoms with Crippen LogP contribution >= 0.6 is 12.2 Å². The second kappa shape index (κ2) is 6.42. The summed E-state index contributed by atoms with van der Waals surface area (Å²) in [6.07, 6.45) is 2.74. The number of pyridine rings is 1. The Morgan fingerprint density at radius 3 is 3.09 bits per heavy atom. The summed E-state index contributed by atoms with van der Waals surface area (Å²) >= 11 is 5.12. The van der Waals surface area contributed by atoms with Crippen LogP contribution < -0.4 is 14.8 Å². The van der Waals surface area contributed by atoms with Gasteiger partial charge in [0.1, 0.15) is 22.2 Å². The van der Waals surface area contributed by atoms with E-state index in [0.717, 1.165) is 29.0 Å². The Bertz CT molecular complexity index is 801. The van der Waals surface area contributed by atoms with Crippen LogP contribution in [0.15, 0.2) is 30.5 Å². The van der Waals surface area contributed by atoms with Crippen molar-refractivity contribution in [2.75, 3.05) is 7.11 Å². The molecule has 0 aliphatic carbocycles. The quantitative estimate of drug-likeness (QED) is 0.846. The highest BCUT2D eigenvalue weighted by Crippen LogP contribution is 2.34. The summed E-state index contributed by atoms with van der Waals surface area (Å²) in [5.41, 5.74) is 2.46. The fraction of sp³-hybridized carbons (Fsp3) is 0.294. The van der Waals surface area contributed by atoms with Crippen LogP contribution in [-0.2, 0) is 13.0 Å². The van der Waals surface area contributed by atoms with Crippen LogP contribution in [0.2, 0.25) is 0 Å². The number of amides is 1. The van der Waals surface area contributed by atoms with Crippen molar-refractivity contribution in [1.82, 2.24) is 10.3 Å². The molecule has 1 atom stereocenters. The molecule has 2 heterocycles. The summed E-state index contributed by atoms with van der Waals surface area (Å²) < 4.78 is 11.6. The smallest absolute Gasteiger partial charge is 0.254 e. The maximum atomic E-state index is 12.3. The summed E-state index contributed by atoms with van der Waals surface area (Å²) in [6.45, 7) is 2.38. The third-order valence-electron chi connectivity index (χ3n) is 3.80. The van der Waals surface area contributed by atoms with Gasteiger partial charge in [0.25, 0.3) is 5.91 Å². The number of fused-ring (bicyclic) bond motifs is 1. The maximum absolute atomic E-state index is 12.3. The zero-order valence-electron chi connectivity index (χ0n) is 13.0. The van der Waals surface area contributed by atoms with Gasteiger partial charge in [-0.2, -0.15) is 0 Å². The van der Waals surface area contributed by atoms with Gasteiger partial charge in [-0.25, -0.2) is 0 Å². The molecule has 0 fully saturated rings. The minimum absolute atomic E-state index is 0.169. The topological polar surface area (TPSA) is 63.3 Å². The third kappa shape index (κ3) is 3.22. The van der Waals surface area contributed by atoms with E-state index in [2.05, 4.69) is 10.3 Å². The fourth-order valence-electron chi connectivity index (χ4n) is 2.68. The standard InChI is InChI=1S/C17H18N2O3S/c1-10-6-11-7-14(21-2)12(8-15(11)22-10)9-19-16(20)13-4-3-5-18-17(13)23/h3-5,7-8,10H,6,9H2,1-2H3,(H,18,23)(H,19,20)/t10-/m1/s1. The Balaban J connectivity index is 1.78. The molecule has 23 heavy (non-hydrogen) atoms. The number of methoxy groups -OCH3 is 1. The van der Waals surface area contributed by atoms with Crippen molar-refractivity contribution < 1.29 is 14.3 Å². The van der Waals surface area contributed by atoms with E-state index in [0.29, 0.717) is 16.7 Å². The van der Waals surface area contributed by atoms with Gasteiger partial charge in [-0.1, -0.05) is 12.2 Å². The summed E-state index contributed by atoms with van der Waals surface area (Å²) in [7, 11) is 1.62. The minimum Gasteiger partial charge on any atom is -0.496 e. The van der Waals surface area contributed by atoms with Crippen LogP contribution in [0, 0.1) is 4.64 Å². The van der Waals surface area contributed by atoms with Crippen molar-refractivity contribution in [1.29, 1.82) is 0 Å². The molecule has 1 aliphatic heterocycles. The fourth-order valence-corrected chi connectivity index (χ4v) is 2.91. The first kappa shape index (κ1) is 15.6. The Morgan fingerprint density at radius 2 is 2.35 bits per heavy atom. The first-order valence-corrected chi connectivity index (χ1v) is 7.81. The van der Waals surface area contributed by atoms with Gasteiger partial charge >= 0.3 is 0 Å². The van der Waals surface area contributed by atoms with Crippen LogP contribution in [0.5, 0.6) is 11.5 Å². The van der Waals surface area contributed by atoms with E-state index in [1.54, 1.807) is 25.4 Å². The van der Waals surface area contributed by atoms with E-state index in [-0.39, 0.29) is 12.0 Å². The van der Waals surface area contributed by atoms with E-state index in [9.17, 15) is 4.79 Å². The predicted molar refractivity (Wildman–Crippen MR) is 89.6 cm³/mol. The molecular weight excluding hydrogens is 312 g/mol. The van der Waals surface area contributed by atoms with Crippen LogP contribution in [0.4, 0.5) is 0 Å². The van der Waals surface area contributed by atoms with Crippen molar-refractivity contribution in [3.63, 3.8) is 0 Å². The molecule has 0 radical (unpaired) electrons. The van der Waals surface area contributed by atoms with Gasteiger partial charge in [-0.3, -0.25) is 4.79 Å². The van der Waals surface area contributed by atoms with Gasteiger partial charge < -0.3 is 19.8 Å². The van der Waals surface area contributed by atoms with Crippen LogP contribution in [-0.4, -0.2) is 24.1 Å². The van der Waals surface area contributed by atoms with Crippen molar-refractivity contribution in [3.8, 4) is 11.5 Å². The Morgan fingerprint density at radius 1 is 1.52 bits per heavy atom. The Labute approximate surface area is 139 Å². The zero-order chi connectivity index (χ0) is 16.4. The van der Waals surface area contributed by atoms with Gasteiger partial charge in [0.15, 0.2) is 0 Å². The number of carbonyl (C=O) groups is 1. The normalized spacial score (nSPS) is 15.7. The van der Waals surface area contributed by atoms with E-state index in [4.69, 9.17) is 21.7 Å². The second-order valence-corrected chi connectivity index (χ2v) is 5.91. The van der Waals surface area contributed by atoms with Crippen molar-refractivity contribution in [3.05, 3.63) is 51.8 Å². The Kier molecular flexibility index (Phi) is 4.34. The van der Waals surface area contributed by atoms with Crippen molar-refractivity contribution in [2.24, 2.45) is 0 Å². The van der Waals surface area contributed by atoms with Crippen LogP contribution in [0.25, 0.3) is 0 Å². The molecule has 1 aliphatic rings. The van der Waals surface area contributed by atoms with Gasteiger partial charge in [0.05, 0.1) is 12.7 Å². The third-order valence-corrected chi connectivity index (χ3v) is 4.14. The average molecular weight is 330 g/mol. The number of H-pyrrole nitrogens is 1. The molecule has 6 heteroatoms. The van der Waals surface area contributed by atoms with E-state index in [1.165, 1.54) is 0 Å². The lowest BCUT2D eigenvalue weighted by Gasteiger charge is -2.12. The van der Waals surface area contributed by atoms with Crippen LogP contribution in [0.1, 0.15) is 28.4 Å². The van der Waals surface area contributed by atoms with E-state index in [1.807, 2.05) is 19.1 Å². The first-order chi connectivity index (χ1) is 11.1. The lowest BCUT2D eigenvalue weighted by Crippen LogP contribution is -2.23. The molecule has 1 aromatic heterocycles. The first-order valence-electron chi connectivity index (χ1n) is 7.41. The maximum Gasteiger partial charge on any atom is 0.254 e. The summed E-state index contributed by atoms with van der Waals surface area (Å²) in [6, 6.07) is 7.35. The molecule has 1 aromatic carbocycles. The number of aromatic nitrogens is 1.